The lowest BCUT2D eigenvalue weighted by Gasteiger charge is -1.98. The van der Waals surface area contributed by atoms with Crippen molar-refractivity contribution in [2.45, 2.75) is 6.42 Å². The summed E-state index contributed by atoms with van der Waals surface area (Å²) in [5.41, 5.74) is 7.09. The van der Waals surface area contributed by atoms with Gasteiger partial charge in [-0.15, -0.1) is 0 Å². The van der Waals surface area contributed by atoms with Crippen molar-refractivity contribution in [1.82, 2.24) is 4.98 Å². The number of rotatable bonds is 2. The summed E-state index contributed by atoms with van der Waals surface area (Å²) in [6, 6.07) is 2.02. The van der Waals surface area contributed by atoms with Gasteiger partial charge in [0.15, 0.2) is 0 Å². The number of aromatic nitrogens is 1. The van der Waals surface area contributed by atoms with Gasteiger partial charge >= 0.3 is 0 Å². The molecule has 2 rings (SSSR count). The fourth-order valence-corrected chi connectivity index (χ4v) is 1.46. The van der Waals surface area contributed by atoms with Gasteiger partial charge in [-0.25, -0.2) is 4.98 Å². The minimum atomic E-state index is -0.441. The van der Waals surface area contributed by atoms with E-state index in [4.69, 9.17) is 5.73 Å². The third kappa shape index (κ3) is 1.74. The molecule has 0 fully saturated rings. The molecule has 4 heteroatoms. The second-order valence-corrected chi connectivity index (χ2v) is 3.19. The molecule has 0 bridgehead atoms. The number of carbonyl (C=O) groups excluding carboxylic acids is 1. The molecule has 1 aliphatic rings. The van der Waals surface area contributed by atoms with E-state index in [1.54, 1.807) is 12.3 Å². The molecule has 0 aliphatic carbocycles. The molecular weight excluding hydrogens is 178 g/mol. The third-order valence-electron chi connectivity index (χ3n) is 2.11. The average molecular weight is 189 g/mol. The first-order valence-corrected chi connectivity index (χ1v) is 4.46. The van der Waals surface area contributed by atoms with Crippen LogP contribution in [0, 0.1) is 0 Å². The normalized spacial score (nSPS) is 14.0. The largest absolute Gasteiger partial charge is 0.370 e. The zero-order chi connectivity index (χ0) is 9.97. The van der Waals surface area contributed by atoms with E-state index in [2.05, 4.69) is 10.3 Å². The molecule has 4 nitrogen and oxygen atoms in total. The molecule has 2 heterocycles. The van der Waals surface area contributed by atoms with Crippen molar-refractivity contribution in [3.63, 3.8) is 0 Å². The van der Waals surface area contributed by atoms with Crippen LogP contribution >= 0.6 is 0 Å². The van der Waals surface area contributed by atoms with Gasteiger partial charge in [-0.1, -0.05) is 0 Å². The highest BCUT2D eigenvalue weighted by molar-refractivity contribution is 5.90. The van der Waals surface area contributed by atoms with Crippen LogP contribution in [0.1, 0.15) is 11.1 Å². The number of pyridine rings is 1. The monoisotopic (exact) mass is 189 g/mol. The highest BCUT2D eigenvalue weighted by Gasteiger charge is 2.10. The molecule has 3 N–H and O–H groups in total. The maximum atomic E-state index is 10.5. The molecule has 1 aromatic heterocycles. The molecule has 0 spiro atoms. The lowest BCUT2D eigenvalue weighted by atomic mass is 10.1. The molecule has 1 amide bonds. The number of nitrogens with two attached hydrogens (primary N) is 1. The van der Waals surface area contributed by atoms with Gasteiger partial charge in [-0.2, -0.15) is 0 Å². The Morgan fingerprint density at radius 3 is 3.29 bits per heavy atom. The average Bonchev–Trinajstić information content (AvgIpc) is 2.61. The lowest BCUT2D eigenvalue weighted by molar-refractivity contribution is -0.113. The summed E-state index contributed by atoms with van der Waals surface area (Å²) >= 11 is 0. The van der Waals surface area contributed by atoms with Gasteiger partial charge in [0, 0.05) is 18.8 Å². The summed E-state index contributed by atoms with van der Waals surface area (Å²) < 4.78 is 0. The predicted octanol–water partition coefficient (Wildman–Crippen LogP) is 0.548. The SMILES string of the molecule is NC(=O)C=Cc1cnc2c(c1)CCN2. The second-order valence-electron chi connectivity index (χ2n) is 3.19. The van der Waals surface area contributed by atoms with Crippen molar-refractivity contribution in [1.29, 1.82) is 0 Å². The molecule has 1 aromatic rings. The maximum Gasteiger partial charge on any atom is 0.241 e. The number of nitrogens with zero attached hydrogens (tertiary/aromatic N) is 1. The summed E-state index contributed by atoms with van der Waals surface area (Å²) in [7, 11) is 0. The number of fused-ring (bicyclic) bond motifs is 1. The Bertz CT molecular complexity index is 398. The van der Waals surface area contributed by atoms with Gasteiger partial charge in [-0.05, 0) is 29.7 Å². The van der Waals surface area contributed by atoms with Crippen LogP contribution < -0.4 is 11.1 Å². The van der Waals surface area contributed by atoms with E-state index < -0.39 is 5.91 Å². The number of amides is 1. The van der Waals surface area contributed by atoms with Crippen LogP contribution in [-0.2, 0) is 11.2 Å². The van der Waals surface area contributed by atoms with Crippen LogP contribution in [0.2, 0.25) is 0 Å². The van der Waals surface area contributed by atoms with E-state index in [1.807, 2.05) is 6.07 Å². The molecule has 0 atom stereocenters. The number of carbonyl (C=O) groups is 1. The zero-order valence-electron chi connectivity index (χ0n) is 7.66. The number of hydrogen-bond acceptors (Lipinski definition) is 3. The van der Waals surface area contributed by atoms with Crippen LogP contribution in [-0.4, -0.2) is 17.4 Å². The van der Waals surface area contributed by atoms with Crippen LogP contribution in [0.25, 0.3) is 6.08 Å². The van der Waals surface area contributed by atoms with Crippen molar-refractivity contribution >= 4 is 17.8 Å². The lowest BCUT2D eigenvalue weighted by Crippen LogP contribution is -2.05. The molecule has 0 aromatic carbocycles. The highest BCUT2D eigenvalue weighted by Crippen LogP contribution is 2.20. The fraction of sp³-hybridized carbons (Fsp3) is 0.200. The minimum Gasteiger partial charge on any atom is -0.370 e. The summed E-state index contributed by atoms with van der Waals surface area (Å²) in [6.07, 6.45) is 5.72. The van der Waals surface area contributed by atoms with Gasteiger partial charge in [0.05, 0.1) is 0 Å². The van der Waals surface area contributed by atoms with E-state index in [1.165, 1.54) is 11.6 Å². The zero-order valence-corrected chi connectivity index (χ0v) is 7.66. The first-order chi connectivity index (χ1) is 6.75. The second kappa shape index (κ2) is 3.49. The van der Waals surface area contributed by atoms with E-state index in [0.717, 1.165) is 24.3 Å². The molecule has 0 unspecified atom stereocenters. The predicted molar refractivity (Wildman–Crippen MR) is 54.7 cm³/mol. The van der Waals surface area contributed by atoms with Crippen molar-refractivity contribution in [3.8, 4) is 0 Å². The summed E-state index contributed by atoms with van der Waals surface area (Å²) in [5, 5.41) is 3.17. The first kappa shape index (κ1) is 8.74. The van der Waals surface area contributed by atoms with Gasteiger partial charge in [0.1, 0.15) is 5.82 Å². The Labute approximate surface area is 81.8 Å². The van der Waals surface area contributed by atoms with Gasteiger partial charge in [-0.3, -0.25) is 4.79 Å². The van der Waals surface area contributed by atoms with Crippen molar-refractivity contribution in [3.05, 3.63) is 29.5 Å². The molecule has 72 valence electrons. The molecule has 0 radical (unpaired) electrons. The van der Waals surface area contributed by atoms with E-state index in [-0.39, 0.29) is 0 Å². The van der Waals surface area contributed by atoms with Crippen LogP contribution in [0.3, 0.4) is 0 Å². The van der Waals surface area contributed by atoms with Crippen molar-refractivity contribution < 1.29 is 4.79 Å². The first-order valence-electron chi connectivity index (χ1n) is 4.46. The van der Waals surface area contributed by atoms with Crippen LogP contribution in [0.15, 0.2) is 18.3 Å². The number of hydrogen-bond donors (Lipinski definition) is 2. The topological polar surface area (TPSA) is 68.0 Å². The fourth-order valence-electron chi connectivity index (χ4n) is 1.46. The summed E-state index contributed by atoms with van der Waals surface area (Å²) in [5.74, 6) is 0.504. The Morgan fingerprint density at radius 2 is 2.50 bits per heavy atom. The van der Waals surface area contributed by atoms with Gasteiger partial charge < -0.3 is 11.1 Å². The Morgan fingerprint density at radius 1 is 1.64 bits per heavy atom. The molecule has 0 saturated carbocycles. The standard InChI is InChI=1S/C10H11N3O/c11-9(14)2-1-7-5-8-3-4-12-10(8)13-6-7/h1-2,5-6H,3-4H2,(H2,11,14)(H,12,13). The van der Waals surface area contributed by atoms with Crippen molar-refractivity contribution in [2.75, 3.05) is 11.9 Å². The maximum absolute atomic E-state index is 10.5. The molecule has 0 saturated heterocycles. The van der Waals surface area contributed by atoms with E-state index >= 15 is 0 Å². The Balaban J connectivity index is 2.25. The number of anilines is 1. The van der Waals surface area contributed by atoms with Crippen molar-refractivity contribution in [2.24, 2.45) is 5.73 Å². The van der Waals surface area contributed by atoms with Gasteiger partial charge in [0.25, 0.3) is 0 Å². The van der Waals surface area contributed by atoms with Gasteiger partial charge in [0.2, 0.25) is 5.91 Å². The summed E-state index contributed by atoms with van der Waals surface area (Å²) in [4.78, 5) is 14.7. The smallest absolute Gasteiger partial charge is 0.241 e. The Hall–Kier alpha value is -1.84. The summed E-state index contributed by atoms with van der Waals surface area (Å²) in [6.45, 7) is 0.936. The Kier molecular flexibility index (Phi) is 2.18. The molecular formula is C10H11N3O. The third-order valence-corrected chi connectivity index (χ3v) is 2.11. The van der Waals surface area contributed by atoms with Crippen LogP contribution in [0.4, 0.5) is 5.82 Å². The van der Waals surface area contributed by atoms with E-state index in [0.29, 0.717) is 0 Å². The van der Waals surface area contributed by atoms with Crippen LogP contribution in [0.5, 0.6) is 0 Å². The minimum absolute atomic E-state index is 0.441. The van der Waals surface area contributed by atoms with E-state index in [9.17, 15) is 4.79 Å². The highest BCUT2D eigenvalue weighted by atomic mass is 16.1. The quantitative estimate of drug-likeness (QED) is 0.667. The number of nitrogens with one attached hydrogen (secondary N) is 1. The number of primary amides is 1. The molecule has 1 aliphatic heterocycles. The molecule has 14 heavy (non-hydrogen) atoms.